The van der Waals surface area contributed by atoms with Crippen LogP contribution in [0.2, 0.25) is 0 Å². The highest BCUT2D eigenvalue weighted by Crippen LogP contribution is 2.09. The van der Waals surface area contributed by atoms with Gasteiger partial charge in [-0.2, -0.15) is 0 Å². The molecule has 0 fully saturated rings. The summed E-state index contributed by atoms with van der Waals surface area (Å²) in [4.78, 5) is 11.3. The van der Waals surface area contributed by atoms with Crippen molar-refractivity contribution in [3.05, 3.63) is 34.9 Å². The topological polar surface area (TPSA) is 49.3 Å². The van der Waals surface area contributed by atoms with Gasteiger partial charge in [0.2, 0.25) is 5.91 Å². The van der Waals surface area contributed by atoms with Crippen molar-refractivity contribution in [2.75, 3.05) is 13.2 Å². The highest BCUT2D eigenvalue weighted by atomic mass is 16.3. The zero-order valence-electron chi connectivity index (χ0n) is 10.6. The number of nitrogens with one attached hydrogen (secondary N) is 1. The highest BCUT2D eigenvalue weighted by molar-refractivity contribution is 5.75. The van der Waals surface area contributed by atoms with Gasteiger partial charge in [-0.25, -0.2) is 0 Å². The number of aliphatic hydroxyl groups is 1. The Balaban J connectivity index is 2.30. The summed E-state index contributed by atoms with van der Waals surface area (Å²) in [5, 5.41) is 11.4. The molecule has 0 saturated carbocycles. The molecule has 0 aromatic heterocycles. The van der Waals surface area contributed by atoms with E-state index in [1.807, 2.05) is 0 Å². The van der Waals surface area contributed by atoms with Gasteiger partial charge < -0.3 is 10.4 Å². The standard InChI is InChI=1S/C14H21NO2/c1-11-5-6-13(10-12(11)2)7-8-15-14(17)4-3-9-16/h5-6,10,16H,3-4,7-9H2,1-2H3,(H,15,17). The Kier molecular flexibility index (Phi) is 5.70. The van der Waals surface area contributed by atoms with Crippen molar-refractivity contribution in [2.45, 2.75) is 33.1 Å². The lowest BCUT2D eigenvalue weighted by molar-refractivity contribution is -0.121. The van der Waals surface area contributed by atoms with Gasteiger partial charge in [0.05, 0.1) is 0 Å². The van der Waals surface area contributed by atoms with Crippen molar-refractivity contribution >= 4 is 5.91 Å². The largest absolute Gasteiger partial charge is 0.396 e. The van der Waals surface area contributed by atoms with E-state index >= 15 is 0 Å². The first kappa shape index (κ1) is 13.7. The van der Waals surface area contributed by atoms with E-state index in [4.69, 9.17) is 5.11 Å². The minimum absolute atomic E-state index is 0.0166. The highest BCUT2D eigenvalue weighted by Gasteiger charge is 2.01. The lowest BCUT2D eigenvalue weighted by Crippen LogP contribution is -2.25. The predicted molar refractivity (Wildman–Crippen MR) is 68.9 cm³/mol. The van der Waals surface area contributed by atoms with Crippen molar-refractivity contribution in [2.24, 2.45) is 0 Å². The number of aliphatic hydroxyl groups excluding tert-OH is 1. The average molecular weight is 235 g/mol. The maximum atomic E-state index is 11.3. The van der Waals surface area contributed by atoms with Gasteiger partial charge in [0.25, 0.3) is 0 Å². The van der Waals surface area contributed by atoms with Crippen LogP contribution < -0.4 is 5.32 Å². The van der Waals surface area contributed by atoms with Crippen LogP contribution in [-0.2, 0) is 11.2 Å². The number of amides is 1. The normalized spacial score (nSPS) is 10.3. The summed E-state index contributed by atoms with van der Waals surface area (Å²) in [6, 6.07) is 6.37. The zero-order valence-corrected chi connectivity index (χ0v) is 10.6. The van der Waals surface area contributed by atoms with Crippen LogP contribution in [0.15, 0.2) is 18.2 Å². The van der Waals surface area contributed by atoms with Crippen LogP contribution in [0.1, 0.15) is 29.5 Å². The summed E-state index contributed by atoms with van der Waals surface area (Å²) in [6.07, 6.45) is 1.80. The van der Waals surface area contributed by atoms with Gasteiger partial charge in [-0.05, 0) is 43.4 Å². The molecule has 0 aliphatic carbocycles. The zero-order chi connectivity index (χ0) is 12.7. The molecule has 0 bridgehead atoms. The van der Waals surface area contributed by atoms with Crippen LogP contribution in [0, 0.1) is 13.8 Å². The fraction of sp³-hybridized carbons (Fsp3) is 0.500. The number of aryl methyl sites for hydroxylation is 2. The van der Waals surface area contributed by atoms with Gasteiger partial charge in [0, 0.05) is 19.6 Å². The Morgan fingerprint density at radius 3 is 2.71 bits per heavy atom. The number of carbonyl (C=O) groups is 1. The van der Waals surface area contributed by atoms with Gasteiger partial charge in [0.1, 0.15) is 0 Å². The molecule has 2 N–H and O–H groups in total. The van der Waals surface area contributed by atoms with E-state index in [1.165, 1.54) is 16.7 Å². The molecule has 1 amide bonds. The lowest BCUT2D eigenvalue weighted by atomic mass is 10.0. The fourth-order valence-corrected chi connectivity index (χ4v) is 1.63. The monoisotopic (exact) mass is 235 g/mol. The molecule has 17 heavy (non-hydrogen) atoms. The molecule has 0 aliphatic heterocycles. The van der Waals surface area contributed by atoms with Crippen molar-refractivity contribution < 1.29 is 9.90 Å². The third kappa shape index (κ3) is 5.00. The summed E-state index contributed by atoms with van der Waals surface area (Å²) < 4.78 is 0. The van der Waals surface area contributed by atoms with Crippen molar-refractivity contribution in [1.29, 1.82) is 0 Å². The molecule has 0 atom stereocenters. The van der Waals surface area contributed by atoms with E-state index in [-0.39, 0.29) is 12.5 Å². The summed E-state index contributed by atoms with van der Waals surface area (Å²) in [7, 11) is 0. The third-order valence-corrected chi connectivity index (χ3v) is 2.87. The van der Waals surface area contributed by atoms with Crippen LogP contribution in [0.25, 0.3) is 0 Å². The third-order valence-electron chi connectivity index (χ3n) is 2.87. The van der Waals surface area contributed by atoms with E-state index < -0.39 is 0 Å². The Labute approximate surface area is 103 Å². The molecule has 1 rings (SSSR count). The predicted octanol–water partition coefficient (Wildman–Crippen LogP) is 1.73. The molecule has 3 heteroatoms. The van der Waals surface area contributed by atoms with Crippen LogP contribution in [0.4, 0.5) is 0 Å². The first-order valence-electron chi connectivity index (χ1n) is 6.07. The SMILES string of the molecule is Cc1ccc(CCNC(=O)CCCO)cc1C. The summed E-state index contributed by atoms with van der Waals surface area (Å²) in [5.74, 6) is 0.0166. The second-order valence-corrected chi connectivity index (χ2v) is 4.35. The summed E-state index contributed by atoms with van der Waals surface area (Å²) in [6.45, 7) is 4.92. The van der Waals surface area contributed by atoms with Gasteiger partial charge >= 0.3 is 0 Å². The molecule has 0 heterocycles. The number of carbonyl (C=O) groups excluding carboxylic acids is 1. The van der Waals surface area contributed by atoms with Crippen LogP contribution >= 0.6 is 0 Å². The van der Waals surface area contributed by atoms with Crippen molar-refractivity contribution in [3.8, 4) is 0 Å². The number of benzene rings is 1. The molecule has 0 unspecified atom stereocenters. The Hall–Kier alpha value is -1.35. The molecule has 0 spiro atoms. The molecule has 1 aromatic carbocycles. The first-order chi connectivity index (χ1) is 8.13. The fourth-order valence-electron chi connectivity index (χ4n) is 1.63. The van der Waals surface area contributed by atoms with Crippen molar-refractivity contribution in [1.82, 2.24) is 5.32 Å². The summed E-state index contributed by atoms with van der Waals surface area (Å²) in [5.41, 5.74) is 3.82. The number of hydrogen-bond acceptors (Lipinski definition) is 2. The van der Waals surface area contributed by atoms with Crippen LogP contribution in [-0.4, -0.2) is 24.2 Å². The minimum atomic E-state index is 0.0166. The molecule has 0 radical (unpaired) electrons. The minimum Gasteiger partial charge on any atom is -0.396 e. The molecular formula is C14H21NO2. The van der Waals surface area contributed by atoms with E-state index in [0.717, 1.165) is 6.42 Å². The molecule has 0 aliphatic rings. The smallest absolute Gasteiger partial charge is 0.220 e. The van der Waals surface area contributed by atoms with E-state index in [9.17, 15) is 4.79 Å². The maximum absolute atomic E-state index is 11.3. The average Bonchev–Trinajstić information content (AvgIpc) is 2.31. The second kappa shape index (κ2) is 7.07. The number of rotatable bonds is 6. The molecule has 94 valence electrons. The van der Waals surface area contributed by atoms with Gasteiger partial charge in [0.15, 0.2) is 0 Å². The Morgan fingerprint density at radius 1 is 1.29 bits per heavy atom. The molecule has 3 nitrogen and oxygen atoms in total. The van der Waals surface area contributed by atoms with Gasteiger partial charge in [-0.15, -0.1) is 0 Å². The number of hydrogen-bond donors (Lipinski definition) is 2. The van der Waals surface area contributed by atoms with Crippen molar-refractivity contribution in [3.63, 3.8) is 0 Å². The first-order valence-corrected chi connectivity index (χ1v) is 6.07. The second-order valence-electron chi connectivity index (χ2n) is 4.35. The van der Waals surface area contributed by atoms with E-state index in [0.29, 0.717) is 19.4 Å². The lowest BCUT2D eigenvalue weighted by Gasteiger charge is -2.07. The molecule has 1 aromatic rings. The maximum Gasteiger partial charge on any atom is 0.220 e. The van der Waals surface area contributed by atoms with Gasteiger partial charge in [-0.3, -0.25) is 4.79 Å². The quantitative estimate of drug-likeness (QED) is 0.789. The van der Waals surface area contributed by atoms with Gasteiger partial charge in [-0.1, -0.05) is 18.2 Å². The summed E-state index contributed by atoms with van der Waals surface area (Å²) >= 11 is 0. The Morgan fingerprint density at radius 2 is 2.06 bits per heavy atom. The Bertz CT molecular complexity index is 374. The van der Waals surface area contributed by atoms with Crippen LogP contribution in [0.5, 0.6) is 0 Å². The molecular weight excluding hydrogens is 214 g/mol. The van der Waals surface area contributed by atoms with E-state index in [2.05, 4.69) is 37.4 Å². The van der Waals surface area contributed by atoms with Crippen LogP contribution in [0.3, 0.4) is 0 Å². The van der Waals surface area contributed by atoms with E-state index in [1.54, 1.807) is 0 Å². The molecule has 0 saturated heterocycles.